The van der Waals surface area contributed by atoms with Crippen LogP contribution in [0, 0.1) is 0 Å². The fourth-order valence-corrected chi connectivity index (χ4v) is 4.88. The van der Waals surface area contributed by atoms with E-state index in [0.29, 0.717) is 12.6 Å². The van der Waals surface area contributed by atoms with Crippen molar-refractivity contribution >= 4 is 11.9 Å². The maximum absolute atomic E-state index is 12.7. The first-order valence-electron chi connectivity index (χ1n) is 11.2. The molecule has 3 saturated heterocycles. The third-order valence-electron chi connectivity index (χ3n) is 6.53. The molecule has 0 aliphatic carbocycles. The Morgan fingerprint density at radius 1 is 1.03 bits per heavy atom. The third kappa shape index (κ3) is 4.87. The van der Waals surface area contributed by atoms with Gasteiger partial charge in [0, 0.05) is 63.7 Å². The van der Waals surface area contributed by atoms with Crippen molar-refractivity contribution in [3.63, 3.8) is 0 Å². The van der Waals surface area contributed by atoms with E-state index in [-0.39, 0.29) is 18.1 Å². The lowest BCUT2D eigenvalue weighted by Crippen LogP contribution is -2.51. The number of hydrogen-bond acceptors (Lipinski definition) is 7. The quantitative estimate of drug-likeness (QED) is 0.768. The molecule has 1 aromatic carbocycles. The fraction of sp³-hybridized carbons (Fsp3) is 0.522. The smallest absolute Gasteiger partial charge is 0.234 e. The van der Waals surface area contributed by atoms with E-state index in [9.17, 15) is 4.79 Å². The van der Waals surface area contributed by atoms with Crippen molar-refractivity contribution in [1.82, 2.24) is 25.1 Å². The van der Waals surface area contributed by atoms with Crippen LogP contribution in [-0.2, 0) is 9.53 Å². The van der Waals surface area contributed by atoms with Crippen LogP contribution in [0.3, 0.4) is 0 Å². The normalized spacial score (nSPS) is 27.1. The highest BCUT2D eigenvalue weighted by atomic mass is 16.5. The van der Waals surface area contributed by atoms with Crippen LogP contribution in [0.15, 0.2) is 48.8 Å². The highest BCUT2D eigenvalue weighted by Crippen LogP contribution is 2.30. The van der Waals surface area contributed by atoms with Crippen LogP contribution >= 0.6 is 0 Å². The monoisotopic (exact) mass is 422 g/mol. The maximum atomic E-state index is 12.7. The summed E-state index contributed by atoms with van der Waals surface area (Å²) in [7, 11) is 0. The number of benzene rings is 1. The second kappa shape index (κ2) is 9.30. The van der Waals surface area contributed by atoms with E-state index in [0.717, 1.165) is 58.2 Å². The number of amides is 1. The van der Waals surface area contributed by atoms with Crippen molar-refractivity contribution in [2.24, 2.45) is 0 Å². The number of aromatic nitrogens is 2. The van der Waals surface area contributed by atoms with Gasteiger partial charge in [0.1, 0.15) is 0 Å². The number of nitrogens with one attached hydrogen (secondary N) is 1. The van der Waals surface area contributed by atoms with E-state index >= 15 is 0 Å². The molecule has 1 N–H and O–H groups in total. The van der Waals surface area contributed by atoms with E-state index in [1.54, 1.807) is 12.4 Å². The predicted molar refractivity (Wildman–Crippen MR) is 118 cm³/mol. The summed E-state index contributed by atoms with van der Waals surface area (Å²) in [5.41, 5.74) is 1.23. The minimum Gasteiger partial charge on any atom is -0.371 e. The van der Waals surface area contributed by atoms with Gasteiger partial charge in [0.05, 0.1) is 19.3 Å². The summed E-state index contributed by atoms with van der Waals surface area (Å²) in [4.78, 5) is 28.2. The summed E-state index contributed by atoms with van der Waals surface area (Å²) >= 11 is 0. The number of piperazine rings is 1. The summed E-state index contributed by atoms with van der Waals surface area (Å²) in [5.74, 6) is 0.889. The van der Waals surface area contributed by atoms with Crippen LogP contribution in [0.2, 0.25) is 0 Å². The van der Waals surface area contributed by atoms with Gasteiger partial charge in [-0.1, -0.05) is 30.3 Å². The second-order valence-corrected chi connectivity index (χ2v) is 8.65. The molecule has 3 aliphatic heterocycles. The number of ether oxygens (including phenoxy) is 1. The van der Waals surface area contributed by atoms with Gasteiger partial charge in [0.25, 0.3) is 0 Å². The Balaban J connectivity index is 1.07. The van der Waals surface area contributed by atoms with Crippen LogP contribution in [0.25, 0.3) is 0 Å². The Kier molecular flexibility index (Phi) is 6.11. The molecule has 0 spiro atoms. The first-order chi connectivity index (χ1) is 15.2. The average Bonchev–Trinajstić information content (AvgIpc) is 3.22. The number of anilines is 1. The average molecular weight is 423 g/mol. The van der Waals surface area contributed by atoms with Crippen LogP contribution < -0.4 is 10.2 Å². The first kappa shape index (κ1) is 20.4. The van der Waals surface area contributed by atoms with Gasteiger partial charge >= 0.3 is 0 Å². The van der Waals surface area contributed by atoms with Crippen LogP contribution in [0.4, 0.5) is 5.95 Å². The molecular formula is C23H30N6O2. The summed E-state index contributed by atoms with van der Waals surface area (Å²) in [6.07, 6.45) is 4.62. The molecular weight excluding hydrogens is 392 g/mol. The molecule has 3 aliphatic rings. The minimum absolute atomic E-state index is 0.120. The predicted octanol–water partition coefficient (Wildman–Crippen LogP) is 0.929. The lowest BCUT2D eigenvalue weighted by atomic mass is 10.1. The third-order valence-corrected chi connectivity index (χ3v) is 6.53. The van der Waals surface area contributed by atoms with Gasteiger partial charge in [-0.25, -0.2) is 9.97 Å². The number of rotatable bonds is 5. The molecule has 0 unspecified atom stereocenters. The van der Waals surface area contributed by atoms with Crippen molar-refractivity contribution in [3.05, 3.63) is 54.4 Å². The Bertz CT molecular complexity index is 859. The SMILES string of the molecule is O=C(CN1CCN(c2ncccn2)CC1)N[C@@H]1C[C@H]2CO[C@@H](c3ccccc3)CN2C1. The fourth-order valence-electron chi connectivity index (χ4n) is 4.88. The molecule has 0 radical (unpaired) electrons. The number of fused-ring (bicyclic) bond motifs is 1. The van der Waals surface area contributed by atoms with Crippen LogP contribution in [0.1, 0.15) is 18.1 Å². The van der Waals surface area contributed by atoms with Gasteiger partial charge in [-0.15, -0.1) is 0 Å². The zero-order valence-electron chi connectivity index (χ0n) is 17.8. The molecule has 1 amide bonds. The minimum atomic E-state index is 0.120. The molecule has 1 aromatic heterocycles. The van der Waals surface area contributed by atoms with Crippen molar-refractivity contribution in [2.45, 2.75) is 24.6 Å². The Morgan fingerprint density at radius 3 is 2.58 bits per heavy atom. The molecule has 3 atom stereocenters. The van der Waals surface area contributed by atoms with E-state index in [4.69, 9.17) is 4.74 Å². The van der Waals surface area contributed by atoms with Gasteiger partial charge in [0.2, 0.25) is 11.9 Å². The van der Waals surface area contributed by atoms with Crippen molar-refractivity contribution in [3.8, 4) is 0 Å². The molecule has 3 fully saturated rings. The van der Waals surface area contributed by atoms with Gasteiger partial charge in [-0.3, -0.25) is 14.6 Å². The number of carbonyl (C=O) groups is 1. The lowest BCUT2D eigenvalue weighted by Gasteiger charge is -2.35. The van der Waals surface area contributed by atoms with E-state index in [1.165, 1.54) is 5.56 Å². The van der Waals surface area contributed by atoms with E-state index in [1.807, 2.05) is 12.1 Å². The lowest BCUT2D eigenvalue weighted by molar-refractivity contribution is -0.122. The molecule has 164 valence electrons. The molecule has 0 saturated carbocycles. The van der Waals surface area contributed by atoms with Crippen LogP contribution in [0.5, 0.6) is 0 Å². The van der Waals surface area contributed by atoms with Gasteiger partial charge in [-0.2, -0.15) is 0 Å². The summed E-state index contributed by atoms with van der Waals surface area (Å²) in [6.45, 7) is 6.36. The summed E-state index contributed by atoms with van der Waals surface area (Å²) in [6, 6.07) is 12.8. The summed E-state index contributed by atoms with van der Waals surface area (Å²) in [5, 5.41) is 3.26. The molecule has 0 bridgehead atoms. The van der Waals surface area contributed by atoms with E-state index < -0.39 is 0 Å². The maximum Gasteiger partial charge on any atom is 0.234 e. The van der Waals surface area contributed by atoms with Crippen LogP contribution in [-0.4, -0.2) is 90.2 Å². The second-order valence-electron chi connectivity index (χ2n) is 8.65. The number of carbonyl (C=O) groups excluding carboxylic acids is 1. The largest absolute Gasteiger partial charge is 0.371 e. The molecule has 8 heteroatoms. The molecule has 5 rings (SSSR count). The zero-order valence-corrected chi connectivity index (χ0v) is 17.8. The van der Waals surface area contributed by atoms with Crippen molar-refractivity contribution in [1.29, 1.82) is 0 Å². The van der Waals surface area contributed by atoms with Crippen molar-refractivity contribution < 1.29 is 9.53 Å². The molecule has 31 heavy (non-hydrogen) atoms. The number of morpholine rings is 1. The van der Waals surface area contributed by atoms with E-state index in [2.05, 4.69) is 54.2 Å². The Labute approximate surface area is 183 Å². The topological polar surface area (TPSA) is 73.8 Å². The molecule has 2 aromatic rings. The Morgan fingerprint density at radius 2 is 1.81 bits per heavy atom. The highest BCUT2D eigenvalue weighted by molar-refractivity contribution is 5.78. The van der Waals surface area contributed by atoms with Crippen molar-refractivity contribution in [2.75, 3.05) is 57.3 Å². The molecule has 8 nitrogen and oxygen atoms in total. The number of nitrogens with zero attached hydrogens (tertiary/aromatic N) is 5. The zero-order chi connectivity index (χ0) is 21.0. The molecule has 4 heterocycles. The summed E-state index contributed by atoms with van der Waals surface area (Å²) < 4.78 is 6.12. The van der Waals surface area contributed by atoms with Gasteiger partial charge < -0.3 is 15.0 Å². The number of hydrogen-bond donors (Lipinski definition) is 1. The van der Waals surface area contributed by atoms with Gasteiger partial charge in [-0.05, 0) is 18.1 Å². The van der Waals surface area contributed by atoms with Gasteiger partial charge in [0.15, 0.2) is 0 Å². The first-order valence-corrected chi connectivity index (χ1v) is 11.2. The Hall–Kier alpha value is -2.55. The standard InChI is InChI=1S/C23H30N6O2/c30-22(16-27-9-11-28(12-10-27)23-24-7-4-8-25-23)26-19-13-20-17-31-21(15-29(20)14-19)18-5-2-1-3-6-18/h1-8,19-21H,9-17H2,(H,26,30)/t19-,20+,21-/m1/s1. The highest BCUT2D eigenvalue weighted by Gasteiger charge is 2.38.